The van der Waals surface area contributed by atoms with Gasteiger partial charge in [-0.05, 0) is 18.6 Å². The molecule has 84 valence electrons. The number of aryl methyl sites for hydroxylation is 1. The van der Waals surface area contributed by atoms with E-state index in [9.17, 15) is 22.7 Å². The van der Waals surface area contributed by atoms with Gasteiger partial charge in [0.05, 0.1) is 5.69 Å². The smallest absolute Gasteiger partial charge is 0.503 e. The van der Waals surface area contributed by atoms with E-state index in [1.165, 1.54) is 6.92 Å². The molecule has 0 fully saturated rings. The lowest BCUT2D eigenvalue weighted by atomic mass is 10.2. The van der Waals surface area contributed by atoms with Crippen LogP contribution in [-0.4, -0.2) is 16.5 Å². The standard InChI is InChI=1S/C8H7F4NO2/c1-4-2-5(3-9)13-7(6(4)14)15-8(10,11)12/h2,14H,3H2,1H3. The second-order valence-corrected chi connectivity index (χ2v) is 2.77. The fraction of sp³-hybridized carbons (Fsp3) is 0.375. The second kappa shape index (κ2) is 3.92. The van der Waals surface area contributed by atoms with Crippen LogP contribution >= 0.6 is 0 Å². The number of pyridine rings is 1. The molecule has 0 unspecified atom stereocenters. The Morgan fingerprint density at radius 3 is 2.53 bits per heavy atom. The fourth-order valence-electron chi connectivity index (χ4n) is 0.952. The third-order valence-corrected chi connectivity index (χ3v) is 1.55. The van der Waals surface area contributed by atoms with Crippen LogP contribution in [0, 0.1) is 6.92 Å². The molecule has 0 atom stereocenters. The lowest BCUT2D eigenvalue weighted by molar-refractivity contribution is -0.276. The van der Waals surface area contributed by atoms with Crippen molar-refractivity contribution in [1.82, 2.24) is 4.98 Å². The minimum absolute atomic E-state index is 0.0666. The molecule has 3 nitrogen and oxygen atoms in total. The minimum atomic E-state index is -4.97. The monoisotopic (exact) mass is 225 g/mol. The maximum Gasteiger partial charge on any atom is 0.574 e. The predicted octanol–water partition coefficient (Wildman–Crippen LogP) is 2.46. The Morgan fingerprint density at radius 1 is 1.47 bits per heavy atom. The summed E-state index contributed by atoms with van der Waals surface area (Å²) in [6.07, 6.45) is -4.97. The highest BCUT2D eigenvalue weighted by Crippen LogP contribution is 2.32. The minimum Gasteiger partial charge on any atom is -0.503 e. The van der Waals surface area contributed by atoms with Crippen molar-refractivity contribution in [2.75, 3.05) is 0 Å². The van der Waals surface area contributed by atoms with Crippen LogP contribution < -0.4 is 4.74 Å². The zero-order chi connectivity index (χ0) is 11.6. The third-order valence-electron chi connectivity index (χ3n) is 1.55. The Kier molecular flexibility index (Phi) is 3.01. The number of rotatable bonds is 2. The lowest BCUT2D eigenvalue weighted by Crippen LogP contribution is -2.18. The SMILES string of the molecule is Cc1cc(CF)nc(OC(F)(F)F)c1O. The Bertz CT molecular complexity index is 364. The van der Waals surface area contributed by atoms with E-state index in [4.69, 9.17) is 0 Å². The van der Waals surface area contributed by atoms with Crippen molar-refractivity contribution in [3.05, 3.63) is 17.3 Å². The van der Waals surface area contributed by atoms with Crippen molar-refractivity contribution in [1.29, 1.82) is 0 Å². The topological polar surface area (TPSA) is 42.4 Å². The van der Waals surface area contributed by atoms with Crippen molar-refractivity contribution in [2.45, 2.75) is 20.0 Å². The van der Waals surface area contributed by atoms with Crippen molar-refractivity contribution in [3.63, 3.8) is 0 Å². The molecule has 0 bridgehead atoms. The lowest BCUT2D eigenvalue weighted by Gasteiger charge is -2.11. The summed E-state index contributed by atoms with van der Waals surface area (Å²) < 4.78 is 51.1. The van der Waals surface area contributed by atoms with Crippen LogP contribution in [0.15, 0.2) is 6.07 Å². The van der Waals surface area contributed by atoms with Gasteiger partial charge in [-0.3, -0.25) is 0 Å². The van der Waals surface area contributed by atoms with E-state index < -0.39 is 24.7 Å². The van der Waals surface area contributed by atoms with Gasteiger partial charge < -0.3 is 9.84 Å². The van der Waals surface area contributed by atoms with Gasteiger partial charge in [-0.25, -0.2) is 9.37 Å². The Morgan fingerprint density at radius 2 is 2.07 bits per heavy atom. The van der Waals surface area contributed by atoms with Gasteiger partial charge in [0.25, 0.3) is 5.88 Å². The second-order valence-electron chi connectivity index (χ2n) is 2.77. The molecule has 1 N–H and O–H groups in total. The van der Waals surface area contributed by atoms with Gasteiger partial charge in [0.15, 0.2) is 5.75 Å². The summed E-state index contributed by atoms with van der Waals surface area (Å²) in [5, 5.41) is 9.17. The molecule has 0 aliphatic carbocycles. The average molecular weight is 225 g/mol. The third kappa shape index (κ3) is 2.97. The van der Waals surface area contributed by atoms with Crippen LogP contribution in [0.25, 0.3) is 0 Å². The number of aromatic hydroxyl groups is 1. The van der Waals surface area contributed by atoms with Gasteiger partial charge in [0, 0.05) is 0 Å². The van der Waals surface area contributed by atoms with Gasteiger partial charge in [-0.15, -0.1) is 13.2 Å². The van der Waals surface area contributed by atoms with Crippen LogP contribution in [0.3, 0.4) is 0 Å². The maximum absolute atomic E-state index is 12.2. The molecule has 0 saturated heterocycles. The average Bonchev–Trinajstić information content (AvgIpc) is 2.10. The van der Waals surface area contributed by atoms with Crippen LogP contribution in [0.2, 0.25) is 0 Å². The largest absolute Gasteiger partial charge is 0.574 e. The molecule has 0 aliphatic rings. The highest BCUT2D eigenvalue weighted by atomic mass is 19.4. The molecule has 0 spiro atoms. The molecule has 0 aliphatic heterocycles. The molecule has 0 aromatic carbocycles. The zero-order valence-corrected chi connectivity index (χ0v) is 7.60. The van der Waals surface area contributed by atoms with Gasteiger partial charge in [0.2, 0.25) is 0 Å². The fourth-order valence-corrected chi connectivity index (χ4v) is 0.952. The van der Waals surface area contributed by atoms with E-state index in [2.05, 4.69) is 9.72 Å². The van der Waals surface area contributed by atoms with E-state index >= 15 is 0 Å². The number of hydrogen-bond acceptors (Lipinski definition) is 3. The molecule has 1 aromatic heterocycles. The molecular weight excluding hydrogens is 218 g/mol. The first kappa shape index (κ1) is 11.5. The van der Waals surface area contributed by atoms with Crippen molar-refractivity contribution in [2.24, 2.45) is 0 Å². The maximum atomic E-state index is 12.2. The van der Waals surface area contributed by atoms with Crippen LogP contribution in [0.4, 0.5) is 17.6 Å². The number of halogens is 4. The molecule has 0 radical (unpaired) electrons. The molecule has 1 heterocycles. The predicted molar refractivity (Wildman–Crippen MR) is 42.1 cm³/mol. The van der Waals surface area contributed by atoms with Crippen molar-refractivity contribution < 1.29 is 27.4 Å². The number of hydrogen-bond donors (Lipinski definition) is 1. The van der Waals surface area contributed by atoms with Gasteiger partial charge in [-0.1, -0.05) is 0 Å². The van der Waals surface area contributed by atoms with Crippen LogP contribution in [0.1, 0.15) is 11.3 Å². The first-order valence-corrected chi connectivity index (χ1v) is 3.84. The van der Waals surface area contributed by atoms with Crippen LogP contribution in [-0.2, 0) is 6.67 Å². The normalized spacial score (nSPS) is 11.5. The van der Waals surface area contributed by atoms with Gasteiger partial charge in [0.1, 0.15) is 6.67 Å². The summed E-state index contributed by atoms with van der Waals surface area (Å²) >= 11 is 0. The van der Waals surface area contributed by atoms with E-state index in [1.807, 2.05) is 0 Å². The number of aromatic nitrogens is 1. The Hall–Kier alpha value is -1.53. The first-order chi connectivity index (χ1) is 6.83. The molecule has 1 aromatic rings. The highest BCUT2D eigenvalue weighted by Gasteiger charge is 2.33. The van der Waals surface area contributed by atoms with Gasteiger partial charge >= 0.3 is 6.36 Å². The molecule has 7 heteroatoms. The van der Waals surface area contributed by atoms with E-state index in [0.717, 1.165) is 6.07 Å². The summed E-state index contributed by atoms with van der Waals surface area (Å²) in [6.45, 7) is 0.286. The van der Waals surface area contributed by atoms with E-state index in [-0.39, 0.29) is 11.3 Å². The first-order valence-electron chi connectivity index (χ1n) is 3.84. The molecule has 0 saturated carbocycles. The van der Waals surface area contributed by atoms with Crippen LogP contribution in [0.5, 0.6) is 11.6 Å². The summed E-state index contributed by atoms with van der Waals surface area (Å²) in [6, 6.07) is 1.14. The van der Waals surface area contributed by atoms with E-state index in [0.29, 0.717) is 0 Å². The summed E-state index contributed by atoms with van der Waals surface area (Å²) in [5.41, 5.74) is -0.165. The molecular formula is C8H7F4NO2. The summed E-state index contributed by atoms with van der Waals surface area (Å²) in [4.78, 5) is 3.17. The summed E-state index contributed by atoms with van der Waals surface area (Å²) in [7, 11) is 0. The summed E-state index contributed by atoms with van der Waals surface area (Å²) in [5.74, 6) is -1.78. The van der Waals surface area contributed by atoms with Crippen molar-refractivity contribution >= 4 is 0 Å². The molecule has 15 heavy (non-hydrogen) atoms. The number of alkyl halides is 4. The Balaban J connectivity index is 3.11. The highest BCUT2D eigenvalue weighted by molar-refractivity contribution is 5.41. The van der Waals surface area contributed by atoms with E-state index in [1.54, 1.807) is 0 Å². The molecule has 0 amide bonds. The Labute approximate surface area is 82.3 Å². The van der Waals surface area contributed by atoms with Crippen molar-refractivity contribution in [3.8, 4) is 11.6 Å². The number of nitrogens with zero attached hydrogens (tertiary/aromatic N) is 1. The molecule has 1 rings (SSSR count). The van der Waals surface area contributed by atoms with Gasteiger partial charge in [-0.2, -0.15) is 0 Å². The quantitative estimate of drug-likeness (QED) is 0.786. The number of ether oxygens (including phenoxy) is 1. The zero-order valence-electron chi connectivity index (χ0n) is 7.60.